The van der Waals surface area contributed by atoms with Gasteiger partial charge < -0.3 is 14.4 Å². The van der Waals surface area contributed by atoms with Crippen LogP contribution >= 0.6 is 0 Å². The molecule has 32 heavy (non-hydrogen) atoms. The van der Waals surface area contributed by atoms with Crippen LogP contribution in [-0.2, 0) is 19.6 Å². The molecule has 0 aliphatic heterocycles. The number of likely N-dealkylation sites (N-methyl/N-ethyl adjacent to an activating group) is 1. The average molecular weight is 469 g/mol. The number of nitrogens with one attached hydrogen (secondary N) is 1. The first-order chi connectivity index (χ1) is 15.0. The first kappa shape index (κ1) is 25.4. The Labute approximate surface area is 186 Å². The molecule has 1 N–H and O–H groups in total. The summed E-state index contributed by atoms with van der Waals surface area (Å²) in [5, 5.41) is 0. The third-order valence-corrected chi connectivity index (χ3v) is 5.68. The minimum Gasteiger partial charge on any atom is -0.463 e. The number of ether oxygens (including phenoxy) is 2. The fourth-order valence-electron chi connectivity index (χ4n) is 2.61. The minimum atomic E-state index is -3.71. The van der Waals surface area contributed by atoms with Crippen LogP contribution in [0.1, 0.15) is 19.4 Å². The number of hydrogen-bond acceptors (Lipinski definition) is 6. The van der Waals surface area contributed by atoms with Crippen LogP contribution in [0.15, 0.2) is 46.9 Å². The number of hydrogen-bond donors (Lipinski definition) is 1. The summed E-state index contributed by atoms with van der Waals surface area (Å²) >= 11 is 0. The number of rotatable bonds is 10. The van der Waals surface area contributed by atoms with Crippen LogP contribution in [0.25, 0.3) is 6.08 Å². The van der Waals surface area contributed by atoms with Gasteiger partial charge >= 0.3 is 5.97 Å². The molecule has 0 radical (unpaired) electrons. The molecule has 0 bridgehead atoms. The molecule has 0 aromatic heterocycles. The van der Waals surface area contributed by atoms with Crippen molar-refractivity contribution in [1.82, 2.24) is 9.62 Å². The summed E-state index contributed by atoms with van der Waals surface area (Å²) in [7, 11) is -0.0700. The summed E-state index contributed by atoms with van der Waals surface area (Å²) in [5.74, 6) is -3.12. The first-order valence-corrected chi connectivity index (χ1v) is 11.3. The molecule has 2 aromatic rings. The Morgan fingerprint density at radius 2 is 1.72 bits per heavy atom. The van der Waals surface area contributed by atoms with Crippen molar-refractivity contribution < 1.29 is 31.5 Å². The third-order valence-electron chi connectivity index (χ3n) is 4.21. The molecule has 0 atom stereocenters. The predicted octanol–water partition coefficient (Wildman–Crippen LogP) is 3.56. The maximum Gasteiger partial charge on any atom is 0.333 e. The Morgan fingerprint density at radius 1 is 1.12 bits per heavy atom. The SMILES string of the molecule is CCOC(=O)C(C)=Cc1cc(F)c(Oc2ccc(S(=O)(=O)NCCN(C)C)cc2)c(F)c1. The van der Waals surface area contributed by atoms with Gasteiger partial charge in [-0.1, -0.05) is 0 Å². The number of benzene rings is 2. The maximum absolute atomic E-state index is 14.4. The second-order valence-electron chi connectivity index (χ2n) is 7.14. The van der Waals surface area contributed by atoms with Gasteiger partial charge in [-0.3, -0.25) is 0 Å². The van der Waals surface area contributed by atoms with E-state index in [0.29, 0.717) is 6.54 Å². The van der Waals surface area contributed by atoms with Crippen LogP contribution in [-0.4, -0.2) is 53.1 Å². The lowest BCUT2D eigenvalue weighted by Crippen LogP contribution is -2.31. The Hall–Kier alpha value is -2.82. The molecule has 174 valence electrons. The van der Waals surface area contributed by atoms with Crippen molar-refractivity contribution in [3.8, 4) is 11.5 Å². The summed E-state index contributed by atoms with van der Waals surface area (Å²) in [6.07, 6.45) is 1.30. The molecule has 0 unspecified atom stereocenters. The van der Waals surface area contributed by atoms with Gasteiger partial charge in [-0.15, -0.1) is 0 Å². The van der Waals surface area contributed by atoms with Crippen molar-refractivity contribution in [2.75, 3.05) is 33.8 Å². The van der Waals surface area contributed by atoms with Gasteiger partial charge in [-0.05, 0) is 76.0 Å². The summed E-state index contributed by atoms with van der Waals surface area (Å²) in [5.41, 5.74) is 0.318. The maximum atomic E-state index is 14.4. The van der Waals surface area contributed by atoms with E-state index in [0.717, 1.165) is 12.1 Å². The molecule has 0 amide bonds. The van der Waals surface area contributed by atoms with Crippen LogP contribution in [0, 0.1) is 11.6 Å². The van der Waals surface area contributed by atoms with E-state index < -0.39 is 33.4 Å². The Morgan fingerprint density at radius 3 is 2.25 bits per heavy atom. The second kappa shape index (κ2) is 11.2. The Balaban J connectivity index is 2.16. The molecule has 0 aliphatic carbocycles. The molecule has 0 saturated carbocycles. The lowest BCUT2D eigenvalue weighted by molar-refractivity contribution is -0.138. The highest BCUT2D eigenvalue weighted by molar-refractivity contribution is 7.89. The molecule has 2 rings (SSSR count). The monoisotopic (exact) mass is 468 g/mol. The molecule has 0 fully saturated rings. The summed E-state index contributed by atoms with van der Waals surface area (Å²) in [6.45, 7) is 4.08. The molecule has 0 spiro atoms. The molecular formula is C22H26F2N2O5S. The topological polar surface area (TPSA) is 84.9 Å². The Kier molecular flexibility index (Phi) is 8.88. The van der Waals surface area contributed by atoms with E-state index in [1.807, 2.05) is 19.0 Å². The molecule has 7 nitrogen and oxygen atoms in total. The van der Waals surface area contributed by atoms with Gasteiger partial charge in [0.1, 0.15) is 5.75 Å². The van der Waals surface area contributed by atoms with E-state index in [4.69, 9.17) is 9.47 Å². The largest absolute Gasteiger partial charge is 0.463 e. The fourth-order valence-corrected chi connectivity index (χ4v) is 3.63. The minimum absolute atomic E-state index is 0.000485. The zero-order valence-corrected chi connectivity index (χ0v) is 19.1. The third kappa shape index (κ3) is 7.11. The predicted molar refractivity (Wildman–Crippen MR) is 117 cm³/mol. The van der Waals surface area contributed by atoms with Gasteiger partial charge in [0.2, 0.25) is 10.0 Å². The number of nitrogens with zero attached hydrogens (tertiary/aromatic N) is 1. The van der Waals surface area contributed by atoms with Crippen LogP contribution in [0.4, 0.5) is 8.78 Å². The van der Waals surface area contributed by atoms with Gasteiger partial charge in [0.25, 0.3) is 0 Å². The standard InChI is InChI=1S/C22H26F2N2O5S/c1-5-30-22(27)15(2)12-16-13-19(23)21(20(24)14-16)31-17-6-8-18(9-7-17)32(28,29)25-10-11-26(3)4/h6-9,12-14,25H,5,10-11H2,1-4H3. The second-order valence-corrected chi connectivity index (χ2v) is 8.90. The zero-order chi connectivity index (χ0) is 23.9. The van der Waals surface area contributed by atoms with E-state index in [9.17, 15) is 22.0 Å². The smallest absolute Gasteiger partial charge is 0.333 e. The molecular weight excluding hydrogens is 442 g/mol. The molecule has 10 heteroatoms. The summed E-state index contributed by atoms with van der Waals surface area (Å²) < 4.78 is 66.0. The van der Waals surface area contributed by atoms with Crippen molar-refractivity contribution >= 4 is 22.1 Å². The number of sulfonamides is 1. The van der Waals surface area contributed by atoms with Crippen LogP contribution in [0.5, 0.6) is 11.5 Å². The lowest BCUT2D eigenvalue weighted by atomic mass is 10.1. The molecule has 2 aromatic carbocycles. The lowest BCUT2D eigenvalue weighted by Gasteiger charge is -2.12. The quantitative estimate of drug-likeness (QED) is 0.424. The Bertz CT molecular complexity index is 1060. The number of carbonyl (C=O) groups is 1. The van der Waals surface area contributed by atoms with E-state index in [-0.39, 0.29) is 34.9 Å². The van der Waals surface area contributed by atoms with Gasteiger partial charge in [-0.2, -0.15) is 0 Å². The van der Waals surface area contributed by atoms with E-state index in [2.05, 4.69) is 4.72 Å². The van der Waals surface area contributed by atoms with Crippen LogP contribution in [0.2, 0.25) is 0 Å². The van der Waals surface area contributed by atoms with E-state index in [1.165, 1.54) is 37.3 Å². The van der Waals surface area contributed by atoms with Gasteiger partial charge in [0.05, 0.1) is 11.5 Å². The summed E-state index contributed by atoms with van der Waals surface area (Å²) in [6, 6.07) is 7.21. The highest BCUT2D eigenvalue weighted by atomic mass is 32.2. The van der Waals surface area contributed by atoms with Crippen molar-refractivity contribution in [3.05, 3.63) is 59.2 Å². The van der Waals surface area contributed by atoms with E-state index >= 15 is 0 Å². The van der Waals surface area contributed by atoms with Gasteiger partial charge in [-0.25, -0.2) is 26.7 Å². The normalized spacial score (nSPS) is 12.2. The number of esters is 1. The van der Waals surface area contributed by atoms with Crippen molar-refractivity contribution in [2.45, 2.75) is 18.7 Å². The fraction of sp³-hybridized carbons (Fsp3) is 0.318. The van der Waals surface area contributed by atoms with Crippen LogP contribution < -0.4 is 9.46 Å². The van der Waals surface area contributed by atoms with Crippen molar-refractivity contribution in [3.63, 3.8) is 0 Å². The highest BCUT2D eigenvalue weighted by Gasteiger charge is 2.16. The number of halogens is 2. The molecule has 0 heterocycles. The van der Waals surface area contributed by atoms with Gasteiger partial charge in [0, 0.05) is 18.7 Å². The van der Waals surface area contributed by atoms with Crippen molar-refractivity contribution in [2.24, 2.45) is 0 Å². The zero-order valence-electron chi connectivity index (χ0n) is 18.3. The average Bonchev–Trinajstić information content (AvgIpc) is 2.71. The van der Waals surface area contributed by atoms with E-state index in [1.54, 1.807) is 6.92 Å². The highest BCUT2D eigenvalue weighted by Crippen LogP contribution is 2.30. The summed E-state index contributed by atoms with van der Waals surface area (Å²) in [4.78, 5) is 13.5. The number of carbonyl (C=O) groups excluding carboxylic acids is 1. The molecule has 0 saturated heterocycles. The molecule has 0 aliphatic rings. The van der Waals surface area contributed by atoms with Crippen molar-refractivity contribution in [1.29, 1.82) is 0 Å². The van der Waals surface area contributed by atoms with Gasteiger partial charge in [0.15, 0.2) is 17.4 Å². The first-order valence-electron chi connectivity index (χ1n) is 9.80. The van der Waals surface area contributed by atoms with Crippen LogP contribution in [0.3, 0.4) is 0 Å².